The van der Waals surface area contributed by atoms with Gasteiger partial charge in [-0.3, -0.25) is 19.5 Å². The number of aromatic hydroxyl groups is 1. The van der Waals surface area contributed by atoms with Crippen LogP contribution in [0.4, 0.5) is 15.9 Å². The molecule has 40 heavy (non-hydrogen) atoms. The number of hydrogen-bond acceptors (Lipinski definition) is 7. The Hall–Kier alpha value is -4.38. The van der Waals surface area contributed by atoms with Gasteiger partial charge < -0.3 is 15.3 Å². The minimum absolute atomic E-state index is 0.0197. The highest BCUT2D eigenvalue weighted by Crippen LogP contribution is 2.40. The highest BCUT2D eigenvalue weighted by atomic mass is 35.5. The summed E-state index contributed by atoms with van der Waals surface area (Å²) in [6.07, 6.45) is 4.89. The maximum atomic E-state index is 15.0. The van der Waals surface area contributed by atoms with E-state index >= 15 is 0 Å². The van der Waals surface area contributed by atoms with Crippen LogP contribution in [0.1, 0.15) is 30.3 Å². The summed E-state index contributed by atoms with van der Waals surface area (Å²) in [6.45, 7) is 9.93. The summed E-state index contributed by atoms with van der Waals surface area (Å²) < 4.78 is 15.0. The lowest BCUT2D eigenvalue weighted by molar-refractivity contribution is -0.109. The Morgan fingerprint density at radius 3 is 2.55 bits per heavy atom. The number of nitrogens with one attached hydrogen (secondary N) is 1. The zero-order valence-corrected chi connectivity index (χ0v) is 23.5. The molecular formula is C28H31ClFN7O3. The molecule has 0 spiro atoms. The monoisotopic (exact) mass is 567 g/mol. The number of rotatable bonds is 12. The standard InChI is InChI=1S/C28H31ClFN7O3/c1-6-7-11-36(17(2)13-32-15-38)27(31-5)20-12-21(29)25(24-22(30)9-8-10-23(24)40)35-28(20)37(16-39)26-18(3)33-14-34-19(26)4/h6,8-10,12,14-17,40H,1,7,11,13H2,2-5H3,(H,32,38). The van der Waals surface area contributed by atoms with Crippen LogP contribution in [0.25, 0.3) is 11.3 Å². The predicted octanol–water partition coefficient (Wildman–Crippen LogP) is 4.34. The third-order valence-corrected chi connectivity index (χ3v) is 6.56. The maximum Gasteiger partial charge on any atom is 0.220 e. The number of anilines is 2. The summed E-state index contributed by atoms with van der Waals surface area (Å²) in [7, 11) is 1.58. The maximum absolute atomic E-state index is 15.0. The van der Waals surface area contributed by atoms with E-state index in [1.165, 1.54) is 35.5 Å². The van der Waals surface area contributed by atoms with Gasteiger partial charge in [0.2, 0.25) is 12.8 Å². The molecule has 0 radical (unpaired) electrons. The van der Waals surface area contributed by atoms with Gasteiger partial charge in [-0.05, 0) is 45.4 Å². The van der Waals surface area contributed by atoms with E-state index in [1.54, 1.807) is 27.0 Å². The molecule has 1 aromatic carbocycles. The molecule has 210 valence electrons. The van der Waals surface area contributed by atoms with E-state index in [2.05, 4.69) is 31.8 Å². The van der Waals surface area contributed by atoms with Gasteiger partial charge in [0.15, 0.2) is 5.82 Å². The lowest BCUT2D eigenvalue weighted by Crippen LogP contribution is -2.45. The fourth-order valence-electron chi connectivity index (χ4n) is 4.39. The number of amides is 2. The van der Waals surface area contributed by atoms with Crippen LogP contribution in [0.5, 0.6) is 5.75 Å². The molecule has 0 saturated carbocycles. The van der Waals surface area contributed by atoms with Crippen molar-refractivity contribution < 1.29 is 19.1 Å². The number of aliphatic imine (C=N–C) groups is 1. The molecule has 2 heterocycles. The fraction of sp³-hybridized carbons (Fsp3) is 0.286. The van der Waals surface area contributed by atoms with E-state index in [0.717, 1.165) is 0 Å². The number of halogens is 2. The minimum atomic E-state index is -0.744. The summed E-state index contributed by atoms with van der Waals surface area (Å²) in [5.41, 5.74) is 1.44. The van der Waals surface area contributed by atoms with Crippen molar-refractivity contribution in [3.8, 4) is 17.0 Å². The second-order valence-electron chi connectivity index (χ2n) is 8.89. The number of nitrogens with zero attached hydrogens (tertiary/aromatic N) is 6. The van der Waals surface area contributed by atoms with Gasteiger partial charge >= 0.3 is 0 Å². The number of carbonyl (C=O) groups excluding carboxylic acids is 2. The first-order valence-electron chi connectivity index (χ1n) is 12.4. The molecule has 1 atom stereocenters. The molecule has 0 bridgehead atoms. The first kappa shape index (κ1) is 30.2. The van der Waals surface area contributed by atoms with Gasteiger partial charge in [0.25, 0.3) is 0 Å². The quantitative estimate of drug-likeness (QED) is 0.144. The molecule has 2 aromatic heterocycles. The lowest BCUT2D eigenvalue weighted by atomic mass is 10.1. The smallest absolute Gasteiger partial charge is 0.220 e. The molecular weight excluding hydrogens is 537 g/mol. The molecule has 3 rings (SSSR count). The Morgan fingerprint density at radius 1 is 1.27 bits per heavy atom. The van der Waals surface area contributed by atoms with Gasteiger partial charge in [-0.25, -0.2) is 19.3 Å². The molecule has 10 nitrogen and oxygen atoms in total. The molecule has 0 aliphatic heterocycles. The number of pyridine rings is 1. The summed E-state index contributed by atoms with van der Waals surface area (Å²) >= 11 is 6.69. The third kappa shape index (κ3) is 6.26. The van der Waals surface area contributed by atoms with Gasteiger partial charge in [0.1, 0.15) is 23.7 Å². The Morgan fingerprint density at radius 2 is 1.98 bits per heavy atom. The van der Waals surface area contributed by atoms with E-state index < -0.39 is 5.82 Å². The van der Waals surface area contributed by atoms with Crippen LogP contribution in [0.3, 0.4) is 0 Å². The van der Waals surface area contributed by atoms with Gasteiger partial charge in [0.05, 0.1) is 38.9 Å². The molecule has 2 N–H and O–H groups in total. The van der Waals surface area contributed by atoms with Crippen LogP contribution in [-0.2, 0) is 9.59 Å². The summed E-state index contributed by atoms with van der Waals surface area (Å²) in [4.78, 5) is 44.6. The molecule has 0 aliphatic rings. The number of hydrogen-bond donors (Lipinski definition) is 2. The normalized spacial score (nSPS) is 12.0. The first-order valence-corrected chi connectivity index (χ1v) is 12.8. The topological polar surface area (TPSA) is 124 Å². The lowest BCUT2D eigenvalue weighted by Gasteiger charge is -2.33. The van der Waals surface area contributed by atoms with Crippen molar-refractivity contribution in [1.29, 1.82) is 0 Å². The van der Waals surface area contributed by atoms with E-state index in [1.807, 2.05) is 11.8 Å². The third-order valence-electron chi connectivity index (χ3n) is 6.27. The van der Waals surface area contributed by atoms with Crippen molar-refractivity contribution in [3.05, 3.63) is 71.0 Å². The zero-order chi connectivity index (χ0) is 29.4. The molecule has 0 fully saturated rings. The predicted molar refractivity (Wildman–Crippen MR) is 154 cm³/mol. The molecule has 3 aromatic rings. The zero-order valence-electron chi connectivity index (χ0n) is 22.7. The highest BCUT2D eigenvalue weighted by molar-refractivity contribution is 6.33. The Balaban J connectivity index is 2.38. The molecule has 2 amide bonds. The number of carbonyl (C=O) groups is 2. The fourth-order valence-corrected chi connectivity index (χ4v) is 4.64. The summed E-state index contributed by atoms with van der Waals surface area (Å²) in [5, 5.41) is 13.2. The van der Waals surface area contributed by atoms with Gasteiger partial charge in [-0.1, -0.05) is 23.7 Å². The van der Waals surface area contributed by atoms with Crippen LogP contribution >= 0.6 is 11.6 Å². The van der Waals surface area contributed by atoms with E-state index in [4.69, 9.17) is 11.6 Å². The van der Waals surface area contributed by atoms with E-state index in [9.17, 15) is 19.1 Å². The van der Waals surface area contributed by atoms with Crippen molar-refractivity contribution >= 4 is 41.8 Å². The van der Waals surface area contributed by atoms with Crippen molar-refractivity contribution in [2.24, 2.45) is 4.99 Å². The Kier molecular flexibility index (Phi) is 10.3. The highest BCUT2D eigenvalue weighted by Gasteiger charge is 2.29. The molecule has 12 heteroatoms. The van der Waals surface area contributed by atoms with E-state index in [0.29, 0.717) is 60.8 Å². The van der Waals surface area contributed by atoms with Gasteiger partial charge in [-0.15, -0.1) is 6.58 Å². The van der Waals surface area contributed by atoms with Crippen LogP contribution in [0, 0.1) is 19.7 Å². The average Bonchev–Trinajstić information content (AvgIpc) is 2.92. The number of phenolic OH excluding ortho intramolecular Hbond substituents is 1. The average molecular weight is 568 g/mol. The SMILES string of the molecule is C=CCCN(C(=NC)c1cc(Cl)c(-c2c(O)cccc2F)nc1N(C=O)c1c(C)ncnc1C)C(C)CNC=O. The molecule has 0 aliphatic carbocycles. The number of benzene rings is 1. The number of amidine groups is 1. The van der Waals surface area contributed by atoms with E-state index in [-0.39, 0.29) is 33.9 Å². The first-order chi connectivity index (χ1) is 19.2. The number of phenols is 1. The minimum Gasteiger partial charge on any atom is -0.507 e. The van der Waals surface area contributed by atoms with Crippen LogP contribution in [0.2, 0.25) is 5.02 Å². The largest absolute Gasteiger partial charge is 0.507 e. The Bertz CT molecular complexity index is 1390. The Labute approximate surface area is 237 Å². The van der Waals surface area contributed by atoms with Crippen LogP contribution in [-0.4, -0.2) is 69.8 Å². The summed E-state index contributed by atoms with van der Waals surface area (Å²) in [5.74, 6) is -0.633. The van der Waals surface area contributed by atoms with Crippen LogP contribution in [0.15, 0.2) is 48.2 Å². The second-order valence-corrected chi connectivity index (χ2v) is 9.29. The van der Waals surface area contributed by atoms with Crippen molar-refractivity contribution in [3.63, 3.8) is 0 Å². The molecule has 1 unspecified atom stereocenters. The number of aromatic nitrogens is 3. The van der Waals surface area contributed by atoms with Gasteiger partial charge in [0, 0.05) is 26.2 Å². The second kappa shape index (κ2) is 13.6. The van der Waals surface area contributed by atoms with Crippen LogP contribution < -0.4 is 10.2 Å². The van der Waals surface area contributed by atoms with Crippen molar-refractivity contribution in [2.75, 3.05) is 25.0 Å². The number of aryl methyl sites for hydroxylation is 2. The summed E-state index contributed by atoms with van der Waals surface area (Å²) in [6, 6.07) is 5.14. The molecule has 0 saturated heterocycles. The van der Waals surface area contributed by atoms with Gasteiger partial charge in [-0.2, -0.15) is 0 Å². The van der Waals surface area contributed by atoms with Crippen molar-refractivity contribution in [2.45, 2.75) is 33.2 Å². The van der Waals surface area contributed by atoms with Crippen molar-refractivity contribution in [1.82, 2.24) is 25.2 Å².